The van der Waals surface area contributed by atoms with E-state index in [-0.39, 0.29) is 17.4 Å². The number of carbonyl (C=O) groups is 1. The van der Waals surface area contributed by atoms with E-state index >= 15 is 0 Å². The van der Waals surface area contributed by atoms with Crippen molar-refractivity contribution >= 4 is 16.0 Å². The van der Waals surface area contributed by atoms with Crippen molar-refractivity contribution < 1.29 is 22.4 Å². The molecule has 0 saturated carbocycles. The van der Waals surface area contributed by atoms with Crippen LogP contribution in [0.1, 0.15) is 16.1 Å². The summed E-state index contributed by atoms with van der Waals surface area (Å²) in [6, 6.07) is 2.47. The van der Waals surface area contributed by atoms with Crippen molar-refractivity contribution in [1.82, 2.24) is 14.5 Å². The second-order valence-electron chi connectivity index (χ2n) is 3.98. The molecule has 0 aromatic carbocycles. The van der Waals surface area contributed by atoms with Crippen LogP contribution >= 0.6 is 0 Å². The molecule has 0 radical (unpaired) electrons. The average molecular weight is 299 g/mol. The standard InChI is InChI=1S/C11H13N3O5S/c1-14(7-8-5-12-13-6-8)20(16,17)10-4-3-9(19-10)11(15)18-2/h3-6H,7H2,1-2H3,(H,12,13). The summed E-state index contributed by atoms with van der Waals surface area (Å²) in [5.74, 6) is -0.897. The van der Waals surface area contributed by atoms with E-state index in [1.54, 1.807) is 6.20 Å². The highest BCUT2D eigenvalue weighted by molar-refractivity contribution is 7.88. The molecule has 2 aromatic heterocycles. The zero-order valence-corrected chi connectivity index (χ0v) is 11.7. The number of H-pyrrole nitrogens is 1. The predicted octanol–water partition coefficient (Wildman–Crippen LogP) is 0.610. The van der Waals surface area contributed by atoms with E-state index in [1.807, 2.05) is 0 Å². The van der Waals surface area contributed by atoms with Gasteiger partial charge in [0.05, 0.1) is 13.3 Å². The maximum Gasteiger partial charge on any atom is 0.374 e. The number of aromatic nitrogens is 2. The summed E-state index contributed by atoms with van der Waals surface area (Å²) in [5, 5.41) is 6.02. The van der Waals surface area contributed by atoms with Crippen LogP contribution in [0, 0.1) is 0 Å². The summed E-state index contributed by atoms with van der Waals surface area (Å²) in [6.07, 6.45) is 3.11. The van der Waals surface area contributed by atoms with Gasteiger partial charge in [-0.3, -0.25) is 5.10 Å². The van der Waals surface area contributed by atoms with Crippen LogP contribution in [-0.2, 0) is 21.3 Å². The minimum atomic E-state index is -3.82. The number of esters is 1. The Morgan fingerprint density at radius 3 is 2.85 bits per heavy atom. The van der Waals surface area contributed by atoms with Gasteiger partial charge in [0.15, 0.2) is 0 Å². The summed E-state index contributed by atoms with van der Waals surface area (Å²) < 4.78 is 35.0. The SMILES string of the molecule is COC(=O)c1ccc(S(=O)(=O)N(C)Cc2cn[nH]c2)o1. The summed E-state index contributed by atoms with van der Waals surface area (Å²) in [4.78, 5) is 11.2. The number of rotatable bonds is 5. The van der Waals surface area contributed by atoms with Crippen molar-refractivity contribution in [2.75, 3.05) is 14.2 Å². The second kappa shape index (κ2) is 5.47. The lowest BCUT2D eigenvalue weighted by atomic mass is 10.4. The first-order chi connectivity index (χ1) is 9.45. The van der Waals surface area contributed by atoms with Gasteiger partial charge < -0.3 is 9.15 Å². The van der Waals surface area contributed by atoms with Crippen LogP contribution in [0.5, 0.6) is 0 Å². The zero-order chi connectivity index (χ0) is 14.8. The molecule has 0 aliphatic rings. The molecule has 8 nitrogen and oxygen atoms in total. The Hall–Kier alpha value is -2.13. The lowest BCUT2D eigenvalue weighted by Crippen LogP contribution is -2.26. The molecule has 0 saturated heterocycles. The van der Waals surface area contributed by atoms with E-state index in [1.165, 1.54) is 32.5 Å². The molecule has 9 heteroatoms. The molecular weight excluding hydrogens is 286 g/mol. The third-order valence-corrected chi connectivity index (χ3v) is 4.27. The fourth-order valence-corrected chi connectivity index (χ4v) is 2.59. The molecule has 1 N–H and O–H groups in total. The third-order valence-electron chi connectivity index (χ3n) is 2.59. The Morgan fingerprint density at radius 1 is 1.50 bits per heavy atom. The maximum atomic E-state index is 12.2. The first-order valence-corrected chi connectivity index (χ1v) is 7.01. The molecular formula is C11H13N3O5S. The van der Waals surface area contributed by atoms with Gasteiger partial charge in [0.1, 0.15) is 0 Å². The summed E-state index contributed by atoms with van der Waals surface area (Å²) in [7, 11) is -1.23. The van der Waals surface area contributed by atoms with Crippen LogP contribution in [0.25, 0.3) is 0 Å². The van der Waals surface area contributed by atoms with Gasteiger partial charge in [-0.15, -0.1) is 0 Å². The van der Waals surface area contributed by atoms with E-state index in [0.29, 0.717) is 5.56 Å². The van der Waals surface area contributed by atoms with Gasteiger partial charge in [-0.2, -0.15) is 9.40 Å². The van der Waals surface area contributed by atoms with Crippen LogP contribution in [0.2, 0.25) is 0 Å². The van der Waals surface area contributed by atoms with E-state index < -0.39 is 16.0 Å². The van der Waals surface area contributed by atoms with Gasteiger partial charge in [-0.25, -0.2) is 13.2 Å². The molecule has 2 rings (SSSR count). The van der Waals surface area contributed by atoms with Crippen molar-refractivity contribution in [1.29, 1.82) is 0 Å². The first kappa shape index (κ1) is 14.3. The number of ether oxygens (including phenoxy) is 1. The quantitative estimate of drug-likeness (QED) is 0.811. The van der Waals surface area contributed by atoms with Crippen LogP contribution in [-0.4, -0.2) is 43.0 Å². The third kappa shape index (κ3) is 2.73. The Bertz CT molecular complexity index is 689. The molecule has 2 heterocycles. The van der Waals surface area contributed by atoms with Gasteiger partial charge >= 0.3 is 5.97 Å². The summed E-state index contributed by atoms with van der Waals surface area (Å²) >= 11 is 0. The fourth-order valence-electron chi connectivity index (χ4n) is 1.53. The molecule has 0 spiro atoms. The number of hydrogen-bond donors (Lipinski definition) is 1. The van der Waals surface area contributed by atoms with Crippen molar-refractivity contribution in [3.63, 3.8) is 0 Å². The number of hydrogen-bond acceptors (Lipinski definition) is 6. The van der Waals surface area contributed by atoms with Crippen LogP contribution in [0.4, 0.5) is 0 Å². The van der Waals surface area contributed by atoms with Crippen LogP contribution < -0.4 is 0 Å². The maximum absolute atomic E-state index is 12.2. The van der Waals surface area contributed by atoms with Gasteiger partial charge in [0, 0.05) is 25.4 Å². The molecule has 20 heavy (non-hydrogen) atoms. The largest absolute Gasteiger partial charge is 0.463 e. The number of nitrogens with zero attached hydrogens (tertiary/aromatic N) is 2. The van der Waals surface area contributed by atoms with E-state index in [2.05, 4.69) is 14.9 Å². The number of methoxy groups -OCH3 is 1. The van der Waals surface area contributed by atoms with Crippen LogP contribution in [0.3, 0.4) is 0 Å². The normalized spacial score (nSPS) is 11.8. The summed E-state index contributed by atoms with van der Waals surface area (Å²) in [6.45, 7) is 0.132. The first-order valence-electron chi connectivity index (χ1n) is 5.57. The van der Waals surface area contributed by atoms with Crippen molar-refractivity contribution in [2.45, 2.75) is 11.6 Å². The van der Waals surface area contributed by atoms with Gasteiger partial charge in [-0.1, -0.05) is 0 Å². The van der Waals surface area contributed by atoms with Crippen LogP contribution in [0.15, 0.2) is 34.0 Å². The Morgan fingerprint density at radius 2 is 2.25 bits per heavy atom. The number of aromatic amines is 1. The lowest BCUT2D eigenvalue weighted by Gasteiger charge is -2.13. The molecule has 0 bridgehead atoms. The predicted molar refractivity (Wildman–Crippen MR) is 67.3 cm³/mol. The number of sulfonamides is 1. The molecule has 0 unspecified atom stereocenters. The molecule has 0 fully saturated rings. The average Bonchev–Trinajstić information content (AvgIpc) is 3.08. The fraction of sp³-hybridized carbons (Fsp3) is 0.273. The monoisotopic (exact) mass is 299 g/mol. The number of carbonyl (C=O) groups excluding carboxylic acids is 1. The number of furan rings is 1. The van der Waals surface area contributed by atoms with E-state index in [4.69, 9.17) is 4.42 Å². The molecule has 0 amide bonds. The highest BCUT2D eigenvalue weighted by atomic mass is 32.2. The minimum absolute atomic E-state index is 0.132. The molecule has 108 valence electrons. The van der Waals surface area contributed by atoms with Gasteiger partial charge in [0.2, 0.25) is 10.9 Å². The van der Waals surface area contributed by atoms with Crippen molar-refractivity contribution in [3.05, 3.63) is 35.9 Å². The Kier molecular flexibility index (Phi) is 3.91. The van der Waals surface area contributed by atoms with Gasteiger partial charge in [-0.05, 0) is 12.1 Å². The summed E-state index contributed by atoms with van der Waals surface area (Å²) in [5.41, 5.74) is 0.704. The number of nitrogens with one attached hydrogen (secondary N) is 1. The molecule has 0 atom stereocenters. The minimum Gasteiger partial charge on any atom is -0.463 e. The zero-order valence-electron chi connectivity index (χ0n) is 10.9. The van der Waals surface area contributed by atoms with Gasteiger partial charge in [0.25, 0.3) is 10.0 Å². The van der Waals surface area contributed by atoms with E-state index in [0.717, 1.165) is 4.31 Å². The van der Waals surface area contributed by atoms with E-state index in [9.17, 15) is 13.2 Å². The molecule has 0 aliphatic heterocycles. The topological polar surface area (TPSA) is 106 Å². The highest BCUT2D eigenvalue weighted by Crippen LogP contribution is 2.19. The second-order valence-corrected chi connectivity index (χ2v) is 5.95. The molecule has 2 aromatic rings. The Balaban J connectivity index is 2.21. The Labute approximate surface area is 115 Å². The highest BCUT2D eigenvalue weighted by Gasteiger charge is 2.26. The molecule has 0 aliphatic carbocycles. The lowest BCUT2D eigenvalue weighted by molar-refractivity contribution is 0.0558. The smallest absolute Gasteiger partial charge is 0.374 e. The van der Waals surface area contributed by atoms with Crippen molar-refractivity contribution in [3.8, 4) is 0 Å². The van der Waals surface area contributed by atoms with Crippen molar-refractivity contribution in [2.24, 2.45) is 0 Å².